The molecule has 1 atom stereocenters. The van der Waals surface area contributed by atoms with Crippen molar-refractivity contribution in [1.82, 2.24) is 4.90 Å². The Morgan fingerprint density at radius 1 is 0.906 bits per heavy atom. The van der Waals surface area contributed by atoms with Crippen LogP contribution in [0, 0.1) is 0 Å². The number of nitrogens with zero attached hydrogens (tertiary/aromatic N) is 1. The van der Waals surface area contributed by atoms with Crippen LogP contribution in [-0.2, 0) is 11.2 Å². The zero-order valence-corrected chi connectivity index (χ0v) is 20.2. The summed E-state index contributed by atoms with van der Waals surface area (Å²) in [4.78, 5) is 13.2. The highest BCUT2D eigenvalue weighted by Crippen LogP contribution is 2.21. The summed E-state index contributed by atoms with van der Waals surface area (Å²) in [7, 11) is 4.21. The van der Waals surface area contributed by atoms with E-state index in [2.05, 4.69) is 25.9 Å². The number of unbranched alkanes of at least 4 members (excludes halogenated alkanes) is 8. The van der Waals surface area contributed by atoms with Gasteiger partial charge in [0.2, 0.25) is 5.78 Å². The normalized spacial score (nSPS) is 12.8. The summed E-state index contributed by atoms with van der Waals surface area (Å²) in [5.74, 6) is -0.976. The van der Waals surface area contributed by atoms with Crippen molar-refractivity contribution in [3.63, 3.8) is 0 Å². The van der Waals surface area contributed by atoms with E-state index in [1.807, 2.05) is 0 Å². The lowest BCUT2D eigenvalue weighted by Crippen LogP contribution is -2.29. The number of aryl methyl sites for hydroxylation is 1. The number of Topliss-reactive ketones (excluding diaryl/α,β-unsaturated/α-hetero) is 1. The van der Waals surface area contributed by atoms with E-state index in [0.717, 1.165) is 6.42 Å². The number of benzene rings is 1. The number of hydrogen-bond donors (Lipinski definition) is 0. The molecule has 0 heterocycles. The summed E-state index contributed by atoms with van der Waals surface area (Å²) in [6, 6.07) is 7.46. The van der Waals surface area contributed by atoms with Crippen molar-refractivity contribution in [3.05, 3.63) is 29.8 Å². The summed E-state index contributed by atoms with van der Waals surface area (Å²) >= 11 is 0. The summed E-state index contributed by atoms with van der Waals surface area (Å²) < 4.78 is 42.7. The van der Waals surface area contributed by atoms with Crippen LogP contribution >= 0.6 is 0 Å². The van der Waals surface area contributed by atoms with Crippen molar-refractivity contribution >= 4 is 5.78 Å². The minimum atomic E-state index is -4.75. The quantitative estimate of drug-likeness (QED) is 0.216. The first-order valence-electron chi connectivity index (χ1n) is 12.2. The zero-order chi connectivity index (χ0) is 23.8. The Morgan fingerprint density at radius 3 is 2.00 bits per heavy atom. The molecule has 0 aliphatic rings. The number of carbonyl (C=O) groups excluding carboxylic acids is 1. The summed E-state index contributed by atoms with van der Waals surface area (Å²) in [5.41, 5.74) is 0.700. The summed E-state index contributed by atoms with van der Waals surface area (Å²) in [6.07, 6.45) is 8.88. The molecule has 0 aliphatic carbocycles. The molecule has 0 fully saturated rings. The Labute approximate surface area is 192 Å². The van der Waals surface area contributed by atoms with Crippen molar-refractivity contribution in [3.8, 4) is 5.75 Å². The van der Waals surface area contributed by atoms with E-state index in [1.165, 1.54) is 64.2 Å². The van der Waals surface area contributed by atoms with Gasteiger partial charge in [-0.1, -0.05) is 76.8 Å². The maximum atomic E-state index is 12.3. The van der Waals surface area contributed by atoms with Gasteiger partial charge >= 0.3 is 6.18 Å². The van der Waals surface area contributed by atoms with E-state index in [9.17, 15) is 18.0 Å². The molecule has 0 N–H and O–H groups in total. The van der Waals surface area contributed by atoms with Gasteiger partial charge in [0.05, 0.1) is 6.61 Å². The van der Waals surface area contributed by atoms with Gasteiger partial charge in [0, 0.05) is 12.5 Å². The second-order valence-corrected chi connectivity index (χ2v) is 8.94. The smallest absolute Gasteiger partial charge is 0.449 e. The molecule has 184 valence electrons. The van der Waals surface area contributed by atoms with Gasteiger partial charge in [-0.15, -0.1) is 0 Å². The fourth-order valence-corrected chi connectivity index (χ4v) is 3.82. The topological polar surface area (TPSA) is 29.5 Å². The third kappa shape index (κ3) is 13.1. The minimum absolute atomic E-state index is 0.0834. The molecule has 0 aromatic heterocycles. The van der Waals surface area contributed by atoms with E-state index in [1.54, 1.807) is 24.3 Å². The molecule has 0 radical (unpaired) electrons. The van der Waals surface area contributed by atoms with Crippen molar-refractivity contribution in [1.29, 1.82) is 0 Å². The van der Waals surface area contributed by atoms with Crippen LogP contribution in [0.2, 0.25) is 0 Å². The largest absolute Gasteiger partial charge is 0.494 e. The monoisotopic (exact) mass is 457 g/mol. The van der Waals surface area contributed by atoms with Crippen molar-refractivity contribution in [2.45, 2.75) is 103 Å². The fraction of sp³-hybridized carbons (Fsp3) is 0.731. The SMILES string of the molecule is CCCCCCCCCCCC(CCOc1ccc(CCC(=O)C(F)(F)F)cc1)N(C)C. The molecular weight excluding hydrogens is 415 g/mol. The Balaban J connectivity index is 2.22. The molecule has 0 aliphatic heterocycles. The first-order valence-corrected chi connectivity index (χ1v) is 12.2. The van der Waals surface area contributed by atoms with Gasteiger partial charge in [-0.05, 0) is 51.1 Å². The highest BCUT2D eigenvalue weighted by Gasteiger charge is 2.37. The molecule has 0 spiro atoms. The predicted octanol–water partition coefficient (Wildman–Crippen LogP) is 7.37. The van der Waals surface area contributed by atoms with E-state index >= 15 is 0 Å². The molecule has 3 nitrogen and oxygen atoms in total. The maximum Gasteiger partial charge on any atom is 0.449 e. The number of carbonyl (C=O) groups is 1. The Hall–Kier alpha value is -1.56. The maximum absolute atomic E-state index is 12.3. The summed E-state index contributed by atoms with van der Waals surface area (Å²) in [5, 5.41) is 0. The van der Waals surface area contributed by atoms with Crippen molar-refractivity contribution in [2.75, 3.05) is 20.7 Å². The lowest BCUT2D eigenvalue weighted by Gasteiger charge is -2.24. The van der Waals surface area contributed by atoms with E-state index in [4.69, 9.17) is 4.74 Å². The fourth-order valence-electron chi connectivity index (χ4n) is 3.82. The molecule has 0 saturated heterocycles. The van der Waals surface area contributed by atoms with Crippen LogP contribution in [0.15, 0.2) is 24.3 Å². The predicted molar refractivity (Wildman–Crippen MR) is 125 cm³/mol. The summed E-state index contributed by atoms with van der Waals surface area (Å²) in [6.45, 7) is 2.85. The van der Waals surface area contributed by atoms with Crippen molar-refractivity contribution in [2.24, 2.45) is 0 Å². The van der Waals surface area contributed by atoms with Gasteiger partial charge in [-0.3, -0.25) is 4.79 Å². The van der Waals surface area contributed by atoms with Gasteiger partial charge in [-0.2, -0.15) is 13.2 Å². The second-order valence-electron chi connectivity index (χ2n) is 8.94. The van der Waals surface area contributed by atoms with E-state index < -0.39 is 18.4 Å². The molecule has 1 rings (SSSR count). The third-order valence-electron chi connectivity index (χ3n) is 5.97. The molecule has 32 heavy (non-hydrogen) atoms. The first-order chi connectivity index (χ1) is 15.2. The lowest BCUT2D eigenvalue weighted by molar-refractivity contribution is -0.171. The lowest BCUT2D eigenvalue weighted by atomic mass is 10.0. The average molecular weight is 458 g/mol. The van der Waals surface area contributed by atoms with Gasteiger partial charge in [0.15, 0.2) is 0 Å². The number of rotatable bonds is 18. The van der Waals surface area contributed by atoms with Crippen LogP contribution < -0.4 is 4.74 Å². The number of ether oxygens (including phenoxy) is 1. The van der Waals surface area contributed by atoms with Crippen LogP contribution in [-0.4, -0.2) is 43.6 Å². The standard InChI is InChI=1S/C26H42F3NO2/c1-4-5-6-7-8-9-10-11-12-13-23(30(2)3)20-21-32-24-17-14-22(15-18-24)16-19-25(31)26(27,28)29/h14-15,17-18,23H,4-13,16,19-21H2,1-3H3. The van der Waals surface area contributed by atoms with Crippen LogP contribution in [0.1, 0.15) is 89.5 Å². The Morgan fingerprint density at radius 2 is 1.47 bits per heavy atom. The van der Waals surface area contributed by atoms with Crippen LogP contribution in [0.4, 0.5) is 13.2 Å². The van der Waals surface area contributed by atoms with Gasteiger partial charge in [0.25, 0.3) is 0 Å². The molecule has 0 saturated carbocycles. The zero-order valence-electron chi connectivity index (χ0n) is 20.2. The molecule has 1 aromatic carbocycles. The molecule has 1 unspecified atom stereocenters. The minimum Gasteiger partial charge on any atom is -0.494 e. The average Bonchev–Trinajstić information content (AvgIpc) is 2.75. The van der Waals surface area contributed by atoms with Crippen LogP contribution in [0.3, 0.4) is 0 Å². The van der Waals surface area contributed by atoms with Crippen LogP contribution in [0.5, 0.6) is 5.75 Å². The van der Waals surface area contributed by atoms with Crippen LogP contribution in [0.25, 0.3) is 0 Å². The van der Waals surface area contributed by atoms with E-state index in [-0.39, 0.29) is 6.42 Å². The van der Waals surface area contributed by atoms with Gasteiger partial charge in [0.1, 0.15) is 5.75 Å². The first kappa shape index (κ1) is 28.5. The Bertz CT molecular complexity index is 614. The van der Waals surface area contributed by atoms with Gasteiger partial charge < -0.3 is 9.64 Å². The molecule has 0 amide bonds. The molecule has 0 bridgehead atoms. The number of halogens is 3. The van der Waals surface area contributed by atoms with E-state index in [0.29, 0.717) is 24.0 Å². The number of alkyl halides is 3. The molecule has 6 heteroatoms. The number of ketones is 1. The highest BCUT2D eigenvalue weighted by molar-refractivity contribution is 5.84. The second kappa shape index (κ2) is 16.1. The van der Waals surface area contributed by atoms with Gasteiger partial charge in [-0.25, -0.2) is 0 Å². The van der Waals surface area contributed by atoms with Crippen molar-refractivity contribution < 1.29 is 22.7 Å². The molecular formula is C26H42F3NO2. The third-order valence-corrected chi connectivity index (χ3v) is 5.97. The Kier molecular flexibility index (Phi) is 14.3. The molecule has 1 aromatic rings. The number of hydrogen-bond acceptors (Lipinski definition) is 3. The highest BCUT2D eigenvalue weighted by atomic mass is 19.4.